The Kier molecular flexibility index (Phi) is 3.31. The number of halogens is 2. The summed E-state index contributed by atoms with van der Waals surface area (Å²) in [7, 11) is -4.24. The third-order valence-corrected chi connectivity index (χ3v) is 3.96. The third-order valence-electron chi connectivity index (χ3n) is 3.04. The molecule has 0 bridgehead atoms. The van der Waals surface area contributed by atoms with Crippen LogP contribution in [0.15, 0.2) is 17.0 Å². The van der Waals surface area contributed by atoms with Crippen molar-refractivity contribution in [2.24, 2.45) is 5.14 Å². The van der Waals surface area contributed by atoms with Crippen LogP contribution in [-0.4, -0.2) is 27.0 Å². The number of benzene rings is 1. The van der Waals surface area contributed by atoms with Crippen LogP contribution in [0.25, 0.3) is 0 Å². The largest absolute Gasteiger partial charge is 0.306 e. The Hall–Kier alpha value is -1.54. The van der Waals surface area contributed by atoms with Gasteiger partial charge in [-0.15, -0.1) is 0 Å². The number of fused-ring (bicyclic) bond motifs is 1. The van der Waals surface area contributed by atoms with Crippen LogP contribution in [0.2, 0.25) is 0 Å². The van der Waals surface area contributed by atoms with Crippen molar-refractivity contribution < 1.29 is 22.0 Å². The minimum absolute atomic E-state index is 0.146. The lowest BCUT2D eigenvalue weighted by Crippen LogP contribution is -2.37. The number of sulfonamides is 1. The molecule has 0 saturated heterocycles. The maximum atomic E-state index is 13.6. The molecule has 0 aromatic heterocycles. The number of carbonyl (C=O) groups is 1. The van der Waals surface area contributed by atoms with Crippen LogP contribution in [0.5, 0.6) is 0 Å². The van der Waals surface area contributed by atoms with E-state index in [4.69, 9.17) is 5.14 Å². The Morgan fingerprint density at radius 1 is 1.53 bits per heavy atom. The van der Waals surface area contributed by atoms with Gasteiger partial charge in [0.2, 0.25) is 15.9 Å². The smallest absolute Gasteiger partial charge is 0.241 e. The lowest BCUT2D eigenvalue weighted by molar-refractivity contribution is -0.117. The van der Waals surface area contributed by atoms with E-state index < -0.39 is 39.4 Å². The number of rotatable bonds is 2. The molecule has 1 heterocycles. The maximum absolute atomic E-state index is 13.6. The van der Waals surface area contributed by atoms with E-state index >= 15 is 0 Å². The molecule has 5 nitrogen and oxygen atoms in total. The van der Waals surface area contributed by atoms with Gasteiger partial charge in [-0.2, -0.15) is 0 Å². The van der Waals surface area contributed by atoms with Crippen molar-refractivity contribution in [3.63, 3.8) is 0 Å². The first-order chi connectivity index (χ1) is 8.75. The van der Waals surface area contributed by atoms with Crippen molar-refractivity contribution in [2.45, 2.75) is 24.3 Å². The van der Waals surface area contributed by atoms with Gasteiger partial charge in [0.05, 0.1) is 6.04 Å². The van der Waals surface area contributed by atoms with Gasteiger partial charge >= 0.3 is 0 Å². The topological polar surface area (TPSA) is 80.5 Å². The molecule has 0 saturated carbocycles. The number of nitrogens with zero attached hydrogens (tertiary/aromatic N) is 1. The van der Waals surface area contributed by atoms with Gasteiger partial charge in [-0.1, -0.05) is 0 Å². The molecular weight excluding hydrogens is 278 g/mol. The molecule has 0 spiro atoms. The number of primary sulfonamides is 1. The number of nitrogens with two attached hydrogens (primary N) is 1. The van der Waals surface area contributed by atoms with Crippen molar-refractivity contribution >= 4 is 21.6 Å². The first kappa shape index (κ1) is 13.9. The van der Waals surface area contributed by atoms with Crippen molar-refractivity contribution in [1.29, 1.82) is 0 Å². The van der Waals surface area contributed by atoms with E-state index in [0.717, 1.165) is 17.0 Å². The number of alkyl halides is 1. The van der Waals surface area contributed by atoms with Crippen LogP contribution in [0, 0.1) is 5.82 Å². The van der Waals surface area contributed by atoms with Gasteiger partial charge in [0.15, 0.2) is 0 Å². The number of hydrogen-bond acceptors (Lipinski definition) is 3. The maximum Gasteiger partial charge on any atom is 0.241 e. The SMILES string of the molecule is CC(=O)N1c2cc(S(N)(=O)=O)c(F)cc2CC1CF. The summed E-state index contributed by atoms with van der Waals surface area (Å²) in [5.41, 5.74) is 0.586. The summed E-state index contributed by atoms with van der Waals surface area (Å²) < 4.78 is 49.0. The van der Waals surface area contributed by atoms with Crippen molar-refractivity contribution in [3.05, 3.63) is 23.5 Å². The van der Waals surface area contributed by atoms with Crippen LogP contribution < -0.4 is 10.0 Å². The van der Waals surface area contributed by atoms with E-state index in [0.29, 0.717) is 5.56 Å². The minimum atomic E-state index is -4.24. The van der Waals surface area contributed by atoms with Crippen LogP contribution >= 0.6 is 0 Å². The standard InChI is InChI=1S/C11H12F2N2O3S/c1-6(16)15-8(5-12)2-7-3-9(13)11(4-10(7)15)19(14,17)18/h3-4,8H,2,5H2,1H3,(H2,14,17,18). The highest BCUT2D eigenvalue weighted by atomic mass is 32.2. The van der Waals surface area contributed by atoms with Crippen LogP contribution in [-0.2, 0) is 21.2 Å². The lowest BCUT2D eigenvalue weighted by atomic mass is 10.1. The molecule has 1 aromatic carbocycles. The Balaban J connectivity index is 2.63. The summed E-state index contributed by atoms with van der Waals surface area (Å²) in [6.45, 7) is 0.443. The molecule has 104 valence electrons. The second-order valence-corrected chi connectivity index (χ2v) is 5.89. The summed E-state index contributed by atoms with van der Waals surface area (Å²) in [4.78, 5) is 11.9. The van der Waals surface area contributed by atoms with E-state index in [1.165, 1.54) is 6.92 Å². The molecule has 1 amide bonds. The number of hydrogen-bond donors (Lipinski definition) is 1. The zero-order valence-electron chi connectivity index (χ0n) is 10.1. The Morgan fingerprint density at radius 3 is 2.63 bits per heavy atom. The highest BCUT2D eigenvalue weighted by Crippen LogP contribution is 2.35. The summed E-state index contributed by atoms with van der Waals surface area (Å²) >= 11 is 0. The van der Waals surface area contributed by atoms with Gasteiger partial charge in [0.25, 0.3) is 0 Å². The Morgan fingerprint density at radius 2 is 2.16 bits per heavy atom. The molecule has 0 aliphatic carbocycles. The Bertz CT molecular complexity index is 646. The molecule has 2 N–H and O–H groups in total. The highest BCUT2D eigenvalue weighted by molar-refractivity contribution is 7.89. The van der Waals surface area contributed by atoms with Gasteiger partial charge < -0.3 is 4.90 Å². The fraction of sp³-hybridized carbons (Fsp3) is 0.364. The molecular formula is C11H12F2N2O3S. The molecule has 1 aromatic rings. The summed E-state index contributed by atoms with van der Waals surface area (Å²) in [5.74, 6) is -1.43. The first-order valence-corrected chi connectivity index (χ1v) is 7.01. The molecule has 0 radical (unpaired) electrons. The van der Waals surface area contributed by atoms with Crippen LogP contribution in [0.1, 0.15) is 12.5 Å². The van der Waals surface area contributed by atoms with Crippen molar-refractivity contribution in [2.75, 3.05) is 11.6 Å². The predicted octanol–water partition coefficient (Wildman–Crippen LogP) is 0.720. The van der Waals surface area contributed by atoms with Gasteiger partial charge in [-0.05, 0) is 24.1 Å². The van der Waals surface area contributed by atoms with E-state index in [1.54, 1.807) is 0 Å². The monoisotopic (exact) mass is 290 g/mol. The van der Waals surface area contributed by atoms with Crippen LogP contribution in [0.4, 0.5) is 14.5 Å². The van der Waals surface area contributed by atoms with E-state index in [-0.39, 0.29) is 12.1 Å². The second kappa shape index (κ2) is 4.53. The van der Waals surface area contributed by atoms with Crippen molar-refractivity contribution in [1.82, 2.24) is 0 Å². The zero-order valence-corrected chi connectivity index (χ0v) is 10.9. The summed E-state index contributed by atoms with van der Waals surface area (Å²) in [6.07, 6.45) is 0.146. The number of carbonyl (C=O) groups excluding carboxylic acids is 1. The molecule has 2 rings (SSSR count). The summed E-state index contributed by atoms with van der Waals surface area (Å²) in [6, 6.07) is 1.24. The van der Waals surface area contributed by atoms with Crippen LogP contribution in [0.3, 0.4) is 0 Å². The first-order valence-electron chi connectivity index (χ1n) is 5.46. The molecule has 1 aliphatic heterocycles. The molecule has 1 aliphatic rings. The molecule has 1 unspecified atom stereocenters. The fourth-order valence-corrected chi connectivity index (χ4v) is 2.89. The molecule has 8 heteroatoms. The molecule has 1 atom stereocenters. The zero-order chi connectivity index (χ0) is 14.4. The van der Waals surface area contributed by atoms with Gasteiger partial charge in [-0.3, -0.25) is 4.79 Å². The fourth-order valence-electron chi connectivity index (χ4n) is 2.28. The molecule has 0 fully saturated rings. The number of amides is 1. The average molecular weight is 290 g/mol. The quantitative estimate of drug-likeness (QED) is 0.871. The van der Waals surface area contributed by atoms with Gasteiger partial charge in [-0.25, -0.2) is 22.3 Å². The normalized spacial score (nSPS) is 18.5. The minimum Gasteiger partial charge on any atom is -0.306 e. The van der Waals surface area contributed by atoms with Gasteiger partial charge in [0.1, 0.15) is 17.4 Å². The van der Waals surface area contributed by atoms with Crippen molar-refractivity contribution in [3.8, 4) is 0 Å². The van der Waals surface area contributed by atoms with E-state index in [9.17, 15) is 22.0 Å². The highest BCUT2D eigenvalue weighted by Gasteiger charge is 2.34. The van der Waals surface area contributed by atoms with Gasteiger partial charge in [0, 0.05) is 12.6 Å². The molecule has 19 heavy (non-hydrogen) atoms. The van der Waals surface area contributed by atoms with E-state index in [1.807, 2.05) is 0 Å². The second-order valence-electron chi connectivity index (χ2n) is 4.36. The third kappa shape index (κ3) is 2.33. The van der Waals surface area contributed by atoms with E-state index in [2.05, 4.69) is 0 Å². The predicted molar refractivity (Wildman–Crippen MR) is 64.4 cm³/mol. The Labute approximate surface area is 109 Å². The summed E-state index contributed by atoms with van der Waals surface area (Å²) in [5, 5.41) is 4.90. The number of anilines is 1. The average Bonchev–Trinajstić information content (AvgIpc) is 2.63. The lowest BCUT2D eigenvalue weighted by Gasteiger charge is -2.21.